The van der Waals surface area contributed by atoms with Crippen LogP contribution in [0, 0.1) is 5.92 Å². The Morgan fingerprint density at radius 1 is 0.619 bits per heavy atom. The van der Waals surface area contributed by atoms with Crippen LogP contribution in [-0.2, 0) is 18.7 Å². The molecule has 0 fully saturated rings. The zero-order chi connectivity index (χ0) is 30.5. The molecule has 0 heterocycles. The molecule has 1 unspecified atom stereocenters. The van der Waals surface area contributed by atoms with Gasteiger partial charge in [-0.3, -0.25) is 18.7 Å². The van der Waals surface area contributed by atoms with Crippen LogP contribution in [0.4, 0.5) is 0 Å². The van der Waals surface area contributed by atoms with E-state index < -0.39 is 68.2 Å². The van der Waals surface area contributed by atoms with E-state index in [0.717, 1.165) is 12.1 Å². The number of hydrogen-bond donors (Lipinski definition) is 5. The normalized spacial score (nSPS) is 12.4. The van der Waals surface area contributed by atoms with Gasteiger partial charge in [0.1, 0.15) is 10.6 Å². The van der Waals surface area contributed by atoms with Gasteiger partial charge in [-0.25, -0.2) is 0 Å². The lowest BCUT2D eigenvalue weighted by Crippen LogP contribution is -2.30. The van der Waals surface area contributed by atoms with Gasteiger partial charge in [0, 0.05) is 11.1 Å². The molecule has 42 heavy (non-hydrogen) atoms. The Labute approximate surface area is 240 Å². The molecule has 0 aromatic heterocycles. The number of ether oxygens (including phenoxy) is 2. The average Bonchev–Trinajstić information content (AvgIpc) is 2.95. The van der Waals surface area contributed by atoms with Gasteiger partial charge in [0.05, 0.1) is 18.9 Å². The van der Waals surface area contributed by atoms with E-state index in [4.69, 9.17) is 9.47 Å². The summed E-state index contributed by atoms with van der Waals surface area (Å²) in [4.78, 5) is 65.7. The molecule has 4 aromatic rings. The third-order valence-electron chi connectivity index (χ3n) is 6.17. The van der Waals surface area contributed by atoms with Crippen molar-refractivity contribution >= 4 is 37.7 Å². The Morgan fingerprint density at radius 3 is 1.45 bits per heavy atom. The summed E-state index contributed by atoms with van der Waals surface area (Å²) in [7, 11) is -9.85. The zero-order valence-corrected chi connectivity index (χ0v) is 23.6. The van der Waals surface area contributed by atoms with Gasteiger partial charge in [-0.1, -0.05) is 84.9 Å². The predicted molar refractivity (Wildman–Crippen MR) is 154 cm³/mol. The van der Waals surface area contributed by atoms with Crippen molar-refractivity contribution in [2.75, 3.05) is 6.61 Å². The SMILES string of the molecule is O=C(CC(CO)C(=O)Oc1c(-c2ccccc2)cccc1P(=O)(O)O)Oc1c(-c2ccccc2)cccc1P(=O)(O)O. The standard InChI is InChI=1S/C29H26O11P2/c30-18-21(29(32)40-28-23(20-11-5-2-6-12-20)14-8-16-25(28)42(36,37)38)17-26(31)39-27-22(19-9-3-1-4-10-19)13-7-15-24(27)41(33,34)35/h1-16,21,30H,17-18H2,(H2,33,34,35)(H2,36,37,38). The molecule has 13 heteroatoms. The summed E-state index contributed by atoms with van der Waals surface area (Å²) >= 11 is 0. The van der Waals surface area contributed by atoms with E-state index >= 15 is 0 Å². The summed E-state index contributed by atoms with van der Waals surface area (Å²) in [5.74, 6) is -4.69. The van der Waals surface area contributed by atoms with Gasteiger partial charge in [0.2, 0.25) is 0 Å². The number of carbonyl (C=O) groups excluding carboxylic acids is 2. The maximum Gasteiger partial charge on any atom is 0.360 e. The van der Waals surface area contributed by atoms with Gasteiger partial charge in [0.15, 0.2) is 11.5 Å². The van der Waals surface area contributed by atoms with Gasteiger partial charge in [-0.15, -0.1) is 0 Å². The highest BCUT2D eigenvalue weighted by Crippen LogP contribution is 2.43. The van der Waals surface area contributed by atoms with Crippen molar-refractivity contribution in [3.8, 4) is 33.8 Å². The van der Waals surface area contributed by atoms with Crippen molar-refractivity contribution in [3.05, 3.63) is 97.1 Å². The van der Waals surface area contributed by atoms with Gasteiger partial charge in [0.25, 0.3) is 0 Å². The number of rotatable bonds is 10. The minimum absolute atomic E-state index is 0.187. The van der Waals surface area contributed by atoms with Gasteiger partial charge in [-0.2, -0.15) is 0 Å². The number of aliphatic hydroxyl groups is 1. The second-order valence-electron chi connectivity index (χ2n) is 9.11. The largest absolute Gasteiger partial charge is 0.425 e. The van der Waals surface area contributed by atoms with Crippen molar-refractivity contribution in [2.24, 2.45) is 5.92 Å². The van der Waals surface area contributed by atoms with Crippen LogP contribution < -0.4 is 20.1 Å². The molecule has 0 saturated carbocycles. The number of benzene rings is 4. The Balaban J connectivity index is 1.64. The molecule has 0 radical (unpaired) electrons. The van der Waals surface area contributed by atoms with Crippen LogP contribution in [0.3, 0.4) is 0 Å². The molecule has 0 aliphatic heterocycles. The van der Waals surface area contributed by atoms with Gasteiger partial charge < -0.3 is 34.2 Å². The van der Waals surface area contributed by atoms with Crippen LogP contribution >= 0.6 is 15.2 Å². The van der Waals surface area contributed by atoms with E-state index in [-0.39, 0.29) is 11.1 Å². The monoisotopic (exact) mass is 612 g/mol. The maximum absolute atomic E-state index is 13.1. The first kappa shape index (κ1) is 31.0. The van der Waals surface area contributed by atoms with Crippen molar-refractivity contribution in [1.29, 1.82) is 0 Å². The first-order chi connectivity index (χ1) is 19.9. The molecular formula is C29H26O11P2. The minimum Gasteiger partial charge on any atom is -0.425 e. The topological polar surface area (TPSA) is 188 Å². The molecule has 11 nitrogen and oxygen atoms in total. The summed E-state index contributed by atoms with van der Waals surface area (Å²) in [6.45, 7) is -0.904. The molecule has 0 bridgehead atoms. The summed E-state index contributed by atoms with van der Waals surface area (Å²) in [5.41, 5.74) is 1.37. The molecule has 0 saturated heterocycles. The van der Waals surface area contributed by atoms with E-state index in [1.54, 1.807) is 60.7 Å². The quantitative estimate of drug-likeness (QED) is 0.101. The molecule has 1 atom stereocenters. The maximum atomic E-state index is 13.1. The Hall–Kier alpha value is -3.92. The Kier molecular flexibility index (Phi) is 9.56. The van der Waals surface area contributed by atoms with Crippen LogP contribution in [0.15, 0.2) is 97.1 Å². The van der Waals surface area contributed by atoms with Crippen molar-refractivity contribution in [1.82, 2.24) is 0 Å². The summed E-state index contributed by atoms with van der Waals surface area (Å²) in [6, 6.07) is 24.7. The van der Waals surface area contributed by atoms with E-state index in [9.17, 15) is 43.4 Å². The Morgan fingerprint density at radius 2 is 1.05 bits per heavy atom. The van der Waals surface area contributed by atoms with Crippen LogP contribution in [0.2, 0.25) is 0 Å². The molecular weight excluding hydrogens is 586 g/mol. The first-order valence-corrected chi connectivity index (χ1v) is 15.6. The highest BCUT2D eigenvalue weighted by molar-refractivity contribution is 7.60. The molecule has 0 aliphatic rings. The average molecular weight is 612 g/mol. The van der Waals surface area contributed by atoms with E-state index in [2.05, 4.69) is 0 Å². The number of carbonyl (C=O) groups is 2. The third kappa shape index (κ3) is 7.28. The van der Waals surface area contributed by atoms with Gasteiger partial charge >= 0.3 is 27.1 Å². The lowest BCUT2D eigenvalue weighted by Gasteiger charge is -2.19. The fraction of sp³-hybridized carbons (Fsp3) is 0.103. The predicted octanol–water partition coefficient (Wildman–Crippen LogP) is 3.14. The van der Waals surface area contributed by atoms with E-state index in [0.29, 0.717) is 11.1 Å². The van der Waals surface area contributed by atoms with E-state index in [1.807, 2.05) is 0 Å². The van der Waals surface area contributed by atoms with Crippen molar-refractivity contribution < 1.29 is 52.9 Å². The van der Waals surface area contributed by atoms with Crippen LogP contribution in [-0.4, -0.2) is 43.2 Å². The molecule has 4 aromatic carbocycles. The summed E-state index contributed by atoms with van der Waals surface area (Å²) in [5, 5.41) is 8.81. The minimum atomic E-state index is -4.93. The molecule has 0 amide bonds. The second-order valence-corrected chi connectivity index (χ2v) is 12.2. The van der Waals surface area contributed by atoms with Crippen molar-refractivity contribution in [3.63, 3.8) is 0 Å². The summed E-state index contributed by atoms with van der Waals surface area (Å²) < 4.78 is 35.2. The fourth-order valence-electron chi connectivity index (χ4n) is 4.18. The first-order valence-electron chi connectivity index (χ1n) is 12.4. The number of aliphatic hydroxyl groups excluding tert-OH is 1. The van der Waals surface area contributed by atoms with Crippen molar-refractivity contribution in [2.45, 2.75) is 6.42 Å². The lowest BCUT2D eigenvalue weighted by atomic mass is 10.0. The lowest BCUT2D eigenvalue weighted by molar-refractivity contribution is -0.146. The second kappa shape index (κ2) is 12.9. The summed E-state index contributed by atoms with van der Waals surface area (Å²) in [6.07, 6.45) is -0.780. The van der Waals surface area contributed by atoms with E-state index in [1.165, 1.54) is 24.3 Å². The third-order valence-corrected chi connectivity index (χ3v) is 8.13. The number of hydrogen-bond acceptors (Lipinski definition) is 7. The zero-order valence-electron chi connectivity index (χ0n) is 21.8. The molecule has 4 rings (SSSR count). The number of para-hydroxylation sites is 2. The van der Waals surface area contributed by atoms with Crippen LogP contribution in [0.1, 0.15) is 6.42 Å². The number of esters is 2. The molecule has 0 spiro atoms. The molecule has 218 valence electrons. The molecule has 0 aliphatic carbocycles. The smallest absolute Gasteiger partial charge is 0.360 e. The molecule has 5 N–H and O–H groups in total. The van der Waals surface area contributed by atoms with Gasteiger partial charge in [-0.05, 0) is 23.3 Å². The highest BCUT2D eigenvalue weighted by Gasteiger charge is 2.32. The highest BCUT2D eigenvalue weighted by atomic mass is 31.2. The van der Waals surface area contributed by atoms with Crippen LogP contribution in [0.5, 0.6) is 11.5 Å². The van der Waals surface area contributed by atoms with Crippen LogP contribution in [0.25, 0.3) is 22.3 Å². The fourth-order valence-corrected chi connectivity index (χ4v) is 5.60. The Bertz CT molecular complexity index is 1680.